The van der Waals surface area contributed by atoms with Crippen molar-refractivity contribution in [2.75, 3.05) is 33.0 Å². The van der Waals surface area contributed by atoms with Crippen molar-refractivity contribution < 1.29 is 19.0 Å². The molecule has 0 N–H and O–H groups in total. The third-order valence-electron chi connectivity index (χ3n) is 5.45. The molecule has 0 saturated heterocycles. The van der Waals surface area contributed by atoms with E-state index in [1.807, 2.05) is 0 Å². The maximum absolute atomic E-state index is 11.7. The predicted molar refractivity (Wildman–Crippen MR) is 122 cm³/mol. The van der Waals surface area contributed by atoms with Crippen molar-refractivity contribution in [3.05, 3.63) is 0 Å². The quantitative estimate of drug-likeness (QED) is 0.132. The minimum absolute atomic E-state index is 0.0929. The highest BCUT2D eigenvalue weighted by atomic mass is 16.6. The van der Waals surface area contributed by atoms with E-state index in [0.29, 0.717) is 38.8 Å². The SMILES string of the molecule is CCCCCCCCCCCCCCCC(=O)OCCOCCOCC(C)CC. The lowest BCUT2D eigenvalue weighted by atomic mass is 10.0. The van der Waals surface area contributed by atoms with E-state index >= 15 is 0 Å². The fourth-order valence-electron chi connectivity index (χ4n) is 3.20. The molecule has 0 bridgehead atoms. The highest BCUT2D eigenvalue weighted by Crippen LogP contribution is 2.13. The molecule has 0 heterocycles. The zero-order valence-corrected chi connectivity index (χ0v) is 19.9. The van der Waals surface area contributed by atoms with Crippen LogP contribution < -0.4 is 0 Å². The lowest BCUT2D eigenvalue weighted by Gasteiger charge is -2.10. The van der Waals surface area contributed by atoms with Crippen LogP contribution in [-0.2, 0) is 19.0 Å². The van der Waals surface area contributed by atoms with Crippen molar-refractivity contribution in [3.8, 4) is 0 Å². The lowest BCUT2D eigenvalue weighted by molar-refractivity contribution is -0.145. The second kappa shape index (κ2) is 23.7. The summed E-state index contributed by atoms with van der Waals surface area (Å²) < 4.78 is 16.1. The Bertz CT molecular complexity index is 333. The monoisotopic (exact) mass is 414 g/mol. The second-order valence-corrected chi connectivity index (χ2v) is 8.41. The van der Waals surface area contributed by atoms with Crippen LogP contribution in [0.5, 0.6) is 0 Å². The van der Waals surface area contributed by atoms with Crippen LogP contribution in [0.3, 0.4) is 0 Å². The van der Waals surface area contributed by atoms with Gasteiger partial charge < -0.3 is 14.2 Å². The molecule has 0 aliphatic heterocycles. The second-order valence-electron chi connectivity index (χ2n) is 8.41. The van der Waals surface area contributed by atoms with Gasteiger partial charge in [-0.05, 0) is 12.3 Å². The van der Waals surface area contributed by atoms with Crippen molar-refractivity contribution in [1.82, 2.24) is 0 Å². The van der Waals surface area contributed by atoms with Gasteiger partial charge in [0.25, 0.3) is 0 Å². The summed E-state index contributed by atoms with van der Waals surface area (Å²) in [7, 11) is 0. The lowest BCUT2D eigenvalue weighted by Crippen LogP contribution is -2.14. The van der Waals surface area contributed by atoms with Crippen molar-refractivity contribution in [2.45, 2.75) is 117 Å². The van der Waals surface area contributed by atoms with Crippen LogP contribution >= 0.6 is 0 Å². The summed E-state index contributed by atoms with van der Waals surface area (Å²) in [6.07, 6.45) is 18.8. The van der Waals surface area contributed by atoms with Gasteiger partial charge in [0.05, 0.1) is 19.8 Å². The van der Waals surface area contributed by atoms with Crippen molar-refractivity contribution >= 4 is 5.97 Å². The molecule has 0 rings (SSSR count). The topological polar surface area (TPSA) is 44.8 Å². The fourth-order valence-corrected chi connectivity index (χ4v) is 3.20. The van der Waals surface area contributed by atoms with Gasteiger partial charge >= 0.3 is 5.97 Å². The molecular formula is C25H50O4. The number of carbonyl (C=O) groups is 1. The zero-order valence-electron chi connectivity index (χ0n) is 19.9. The Morgan fingerprint density at radius 2 is 1.14 bits per heavy atom. The first-order chi connectivity index (χ1) is 14.2. The van der Waals surface area contributed by atoms with E-state index < -0.39 is 0 Å². The molecule has 174 valence electrons. The van der Waals surface area contributed by atoms with Crippen LogP contribution in [0.2, 0.25) is 0 Å². The molecule has 1 atom stereocenters. The fraction of sp³-hybridized carbons (Fsp3) is 0.960. The highest BCUT2D eigenvalue weighted by molar-refractivity contribution is 5.69. The number of rotatable bonds is 23. The molecule has 0 aromatic carbocycles. The van der Waals surface area contributed by atoms with Crippen molar-refractivity contribution in [2.24, 2.45) is 5.92 Å². The first-order valence-corrected chi connectivity index (χ1v) is 12.5. The normalized spacial score (nSPS) is 12.2. The molecule has 0 fully saturated rings. The van der Waals surface area contributed by atoms with Crippen LogP contribution in [0.1, 0.15) is 117 Å². The van der Waals surface area contributed by atoms with Gasteiger partial charge in [0.15, 0.2) is 0 Å². The highest BCUT2D eigenvalue weighted by Gasteiger charge is 2.03. The molecule has 4 nitrogen and oxygen atoms in total. The Hall–Kier alpha value is -0.610. The number of unbranched alkanes of at least 4 members (excludes halogenated alkanes) is 12. The zero-order chi connectivity index (χ0) is 21.4. The average Bonchev–Trinajstić information content (AvgIpc) is 2.73. The minimum Gasteiger partial charge on any atom is -0.463 e. The maximum atomic E-state index is 11.7. The van der Waals surface area contributed by atoms with Crippen LogP contribution in [-0.4, -0.2) is 39.0 Å². The van der Waals surface area contributed by atoms with Crippen molar-refractivity contribution in [3.63, 3.8) is 0 Å². The average molecular weight is 415 g/mol. The van der Waals surface area contributed by atoms with Crippen LogP contribution in [0, 0.1) is 5.92 Å². The van der Waals surface area contributed by atoms with Gasteiger partial charge in [-0.15, -0.1) is 0 Å². The van der Waals surface area contributed by atoms with E-state index in [1.54, 1.807) is 0 Å². The van der Waals surface area contributed by atoms with E-state index in [4.69, 9.17) is 14.2 Å². The van der Waals surface area contributed by atoms with E-state index in [1.165, 1.54) is 70.6 Å². The van der Waals surface area contributed by atoms with E-state index in [0.717, 1.165) is 25.9 Å². The van der Waals surface area contributed by atoms with Gasteiger partial charge in [0.2, 0.25) is 0 Å². The minimum atomic E-state index is -0.0929. The summed E-state index contributed by atoms with van der Waals surface area (Å²) in [6, 6.07) is 0. The summed E-state index contributed by atoms with van der Waals surface area (Å²) >= 11 is 0. The number of hydrogen-bond acceptors (Lipinski definition) is 4. The molecule has 0 aromatic rings. The molecule has 4 heteroatoms. The van der Waals surface area contributed by atoms with Crippen molar-refractivity contribution in [1.29, 1.82) is 0 Å². The van der Waals surface area contributed by atoms with Gasteiger partial charge in [0.1, 0.15) is 6.61 Å². The number of esters is 1. The molecule has 0 spiro atoms. The van der Waals surface area contributed by atoms with Gasteiger partial charge in [-0.3, -0.25) is 4.79 Å². The molecule has 0 saturated carbocycles. The van der Waals surface area contributed by atoms with E-state index in [2.05, 4.69) is 20.8 Å². The molecule has 0 aromatic heterocycles. The van der Waals surface area contributed by atoms with Gasteiger partial charge in [-0.1, -0.05) is 104 Å². The molecule has 1 unspecified atom stereocenters. The first kappa shape index (κ1) is 28.4. The molecule has 0 amide bonds. The Kier molecular flexibility index (Phi) is 23.2. The number of hydrogen-bond donors (Lipinski definition) is 0. The molecule has 0 aliphatic carbocycles. The standard InChI is InChI=1S/C25H50O4/c1-4-6-7-8-9-10-11-12-13-14-15-16-17-18-25(26)29-22-21-27-19-20-28-23-24(3)5-2/h24H,4-23H2,1-3H3. The van der Waals surface area contributed by atoms with E-state index in [9.17, 15) is 4.79 Å². The molecule has 29 heavy (non-hydrogen) atoms. The van der Waals surface area contributed by atoms with Crippen LogP contribution in [0.15, 0.2) is 0 Å². The summed E-state index contributed by atoms with van der Waals surface area (Å²) in [5.74, 6) is 0.505. The van der Waals surface area contributed by atoms with E-state index in [-0.39, 0.29) is 5.97 Å². The third kappa shape index (κ3) is 23.5. The molecule has 0 radical (unpaired) electrons. The molecular weight excluding hydrogens is 364 g/mol. The smallest absolute Gasteiger partial charge is 0.305 e. The first-order valence-electron chi connectivity index (χ1n) is 12.5. The predicted octanol–water partition coefficient (Wildman–Crippen LogP) is 7.09. The van der Waals surface area contributed by atoms with Gasteiger partial charge in [-0.25, -0.2) is 0 Å². The van der Waals surface area contributed by atoms with Gasteiger partial charge in [0, 0.05) is 13.0 Å². The van der Waals surface area contributed by atoms with Crippen LogP contribution in [0.25, 0.3) is 0 Å². The number of ether oxygens (including phenoxy) is 3. The summed E-state index contributed by atoms with van der Waals surface area (Å²) in [6.45, 7) is 9.37. The van der Waals surface area contributed by atoms with Crippen LogP contribution in [0.4, 0.5) is 0 Å². The summed E-state index contributed by atoms with van der Waals surface area (Å²) in [4.78, 5) is 11.7. The summed E-state index contributed by atoms with van der Waals surface area (Å²) in [5, 5.41) is 0. The largest absolute Gasteiger partial charge is 0.463 e. The Morgan fingerprint density at radius 3 is 1.69 bits per heavy atom. The maximum Gasteiger partial charge on any atom is 0.305 e. The Labute approximate surface area is 181 Å². The summed E-state index contributed by atoms with van der Waals surface area (Å²) in [5.41, 5.74) is 0. The van der Waals surface area contributed by atoms with Gasteiger partial charge in [-0.2, -0.15) is 0 Å². The Morgan fingerprint density at radius 1 is 0.655 bits per heavy atom. The molecule has 0 aliphatic rings. The third-order valence-corrected chi connectivity index (χ3v) is 5.45. The number of carbonyl (C=O) groups excluding carboxylic acids is 1. The Balaban J connectivity index is 3.17.